The lowest BCUT2D eigenvalue weighted by atomic mass is 10.1. The molecular formula is C21H25N3O4. The van der Waals surface area contributed by atoms with Crippen molar-refractivity contribution in [3.05, 3.63) is 71.8 Å². The number of nitrogens with one attached hydrogen (secondary N) is 3. The number of ether oxygens (including phenoxy) is 1. The molecule has 2 aromatic rings. The minimum absolute atomic E-state index is 0.157. The van der Waals surface area contributed by atoms with Gasteiger partial charge >= 0.3 is 0 Å². The predicted octanol–water partition coefficient (Wildman–Crippen LogP) is 1.66. The van der Waals surface area contributed by atoms with Crippen LogP contribution >= 0.6 is 0 Å². The van der Waals surface area contributed by atoms with E-state index >= 15 is 0 Å². The Morgan fingerprint density at radius 3 is 2.07 bits per heavy atom. The molecule has 0 radical (unpaired) electrons. The first-order chi connectivity index (χ1) is 13.5. The molecule has 0 spiro atoms. The van der Waals surface area contributed by atoms with Gasteiger partial charge in [0, 0.05) is 6.42 Å². The maximum Gasteiger partial charge on any atom is 0.264 e. The monoisotopic (exact) mass is 383 g/mol. The lowest BCUT2D eigenvalue weighted by Gasteiger charge is -2.14. The molecule has 0 saturated carbocycles. The van der Waals surface area contributed by atoms with Crippen molar-refractivity contribution >= 4 is 17.7 Å². The summed E-state index contributed by atoms with van der Waals surface area (Å²) in [5.41, 5.74) is 6.61. The first-order valence-corrected chi connectivity index (χ1v) is 9.08. The molecule has 1 atom stereocenters. The largest absolute Gasteiger partial charge is 0.362 e. The molecular weight excluding hydrogens is 358 g/mol. The number of carbonyl (C=O) groups excluding carboxylic acids is 3. The second kappa shape index (κ2) is 11.5. The van der Waals surface area contributed by atoms with Gasteiger partial charge in [-0.3, -0.25) is 25.2 Å². The van der Waals surface area contributed by atoms with E-state index in [0.717, 1.165) is 11.1 Å². The lowest BCUT2D eigenvalue weighted by molar-refractivity contribution is -0.134. The SMILES string of the molecule is C[C@H](NC(=O)COCC(=O)NNC(=O)CCc1ccccc1)c1ccccc1. The Hall–Kier alpha value is -3.19. The number of amides is 3. The van der Waals surface area contributed by atoms with Crippen molar-refractivity contribution in [2.24, 2.45) is 0 Å². The Labute approximate surface area is 164 Å². The second-order valence-electron chi connectivity index (χ2n) is 6.27. The van der Waals surface area contributed by atoms with E-state index in [2.05, 4.69) is 16.2 Å². The number of hydrogen-bond acceptors (Lipinski definition) is 4. The summed E-state index contributed by atoms with van der Waals surface area (Å²) >= 11 is 0. The van der Waals surface area contributed by atoms with Crippen molar-refractivity contribution in [1.82, 2.24) is 16.2 Å². The van der Waals surface area contributed by atoms with E-state index < -0.39 is 5.91 Å². The van der Waals surface area contributed by atoms with E-state index in [-0.39, 0.29) is 37.5 Å². The van der Waals surface area contributed by atoms with Crippen LogP contribution in [0.3, 0.4) is 0 Å². The summed E-state index contributed by atoms with van der Waals surface area (Å²) in [6.45, 7) is 1.30. The van der Waals surface area contributed by atoms with E-state index in [0.29, 0.717) is 6.42 Å². The van der Waals surface area contributed by atoms with Gasteiger partial charge in [0.05, 0.1) is 6.04 Å². The summed E-state index contributed by atoms with van der Waals surface area (Å²) in [5.74, 6) is -1.15. The minimum atomic E-state index is -0.531. The quantitative estimate of drug-likeness (QED) is 0.574. The third kappa shape index (κ3) is 8.01. The number of hydrogen-bond donors (Lipinski definition) is 3. The number of hydrazine groups is 1. The number of aryl methyl sites for hydroxylation is 1. The summed E-state index contributed by atoms with van der Waals surface area (Å²) < 4.78 is 5.08. The van der Waals surface area contributed by atoms with Crippen LogP contribution in [-0.2, 0) is 25.5 Å². The van der Waals surface area contributed by atoms with Crippen LogP contribution in [0.2, 0.25) is 0 Å². The zero-order valence-corrected chi connectivity index (χ0v) is 15.8. The Balaban J connectivity index is 1.56. The third-order valence-corrected chi connectivity index (χ3v) is 3.97. The lowest BCUT2D eigenvalue weighted by Crippen LogP contribution is -2.43. The fraction of sp³-hybridized carbons (Fsp3) is 0.286. The van der Waals surface area contributed by atoms with Gasteiger partial charge in [-0.05, 0) is 24.5 Å². The number of benzene rings is 2. The van der Waals surface area contributed by atoms with Gasteiger partial charge in [0.1, 0.15) is 13.2 Å². The summed E-state index contributed by atoms with van der Waals surface area (Å²) in [6, 6.07) is 19.0. The van der Waals surface area contributed by atoms with E-state index in [1.54, 1.807) is 0 Å². The third-order valence-electron chi connectivity index (χ3n) is 3.97. The molecule has 3 N–H and O–H groups in total. The highest BCUT2D eigenvalue weighted by atomic mass is 16.5. The van der Waals surface area contributed by atoms with Gasteiger partial charge in [0.25, 0.3) is 5.91 Å². The van der Waals surface area contributed by atoms with Crippen LogP contribution in [0.1, 0.15) is 30.5 Å². The number of carbonyl (C=O) groups is 3. The normalized spacial score (nSPS) is 11.3. The Morgan fingerprint density at radius 2 is 1.39 bits per heavy atom. The standard InChI is InChI=1S/C21H25N3O4/c1-16(18-10-6-3-7-11-18)22-20(26)14-28-15-21(27)24-23-19(25)13-12-17-8-4-2-5-9-17/h2-11,16H,12-15H2,1H3,(H,22,26)(H,23,25)(H,24,27)/t16-/m0/s1. The highest BCUT2D eigenvalue weighted by molar-refractivity contribution is 5.83. The van der Waals surface area contributed by atoms with Crippen LogP contribution in [0.15, 0.2) is 60.7 Å². The Morgan fingerprint density at radius 1 is 0.821 bits per heavy atom. The van der Waals surface area contributed by atoms with Gasteiger partial charge in [-0.1, -0.05) is 60.7 Å². The van der Waals surface area contributed by atoms with E-state index in [4.69, 9.17) is 4.74 Å². The highest BCUT2D eigenvalue weighted by Crippen LogP contribution is 2.10. The first-order valence-electron chi connectivity index (χ1n) is 9.08. The number of rotatable bonds is 9. The molecule has 0 aromatic heterocycles. The van der Waals surface area contributed by atoms with Crippen molar-refractivity contribution in [2.75, 3.05) is 13.2 Å². The average molecular weight is 383 g/mol. The average Bonchev–Trinajstić information content (AvgIpc) is 2.72. The topological polar surface area (TPSA) is 96.5 Å². The van der Waals surface area contributed by atoms with Crippen molar-refractivity contribution in [3.63, 3.8) is 0 Å². The van der Waals surface area contributed by atoms with Crippen molar-refractivity contribution in [2.45, 2.75) is 25.8 Å². The summed E-state index contributed by atoms with van der Waals surface area (Å²) in [4.78, 5) is 35.2. The summed E-state index contributed by atoms with van der Waals surface area (Å²) in [6.07, 6.45) is 0.837. The molecule has 7 heteroatoms. The van der Waals surface area contributed by atoms with Crippen LogP contribution in [-0.4, -0.2) is 30.9 Å². The first kappa shape index (κ1) is 21.1. The molecule has 0 aliphatic carbocycles. The predicted molar refractivity (Wildman–Crippen MR) is 105 cm³/mol. The van der Waals surface area contributed by atoms with Gasteiger partial charge < -0.3 is 10.1 Å². The molecule has 0 heterocycles. The molecule has 2 rings (SSSR count). The fourth-order valence-corrected chi connectivity index (χ4v) is 2.49. The van der Waals surface area contributed by atoms with Gasteiger partial charge in [-0.2, -0.15) is 0 Å². The van der Waals surface area contributed by atoms with Gasteiger partial charge in [-0.25, -0.2) is 0 Å². The summed E-state index contributed by atoms with van der Waals surface area (Å²) in [7, 11) is 0. The van der Waals surface area contributed by atoms with Gasteiger partial charge in [0.2, 0.25) is 11.8 Å². The van der Waals surface area contributed by atoms with E-state index in [1.807, 2.05) is 67.6 Å². The van der Waals surface area contributed by atoms with Gasteiger partial charge in [0.15, 0.2) is 0 Å². The van der Waals surface area contributed by atoms with Crippen LogP contribution in [0.25, 0.3) is 0 Å². The van der Waals surface area contributed by atoms with Crippen molar-refractivity contribution < 1.29 is 19.1 Å². The zero-order valence-electron chi connectivity index (χ0n) is 15.8. The Kier molecular flexibility index (Phi) is 8.68. The van der Waals surface area contributed by atoms with E-state index in [1.165, 1.54) is 0 Å². The van der Waals surface area contributed by atoms with Crippen LogP contribution in [0.5, 0.6) is 0 Å². The van der Waals surface area contributed by atoms with Gasteiger partial charge in [-0.15, -0.1) is 0 Å². The molecule has 0 aliphatic rings. The maximum absolute atomic E-state index is 11.9. The molecule has 2 aromatic carbocycles. The van der Waals surface area contributed by atoms with Crippen LogP contribution in [0, 0.1) is 0 Å². The smallest absolute Gasteiger partial charge is 0.264 e. The molecule has 148 valence electrons. The molecule has 3 amide bonds. The second-order valence-corrected chi connectivity index (χ2v) is 6.27. The minimum Gasteiger partial charge on any atom is -0.362 e. The van der Waals surface area contributed by atoms with Crippen molar-refractivity contribution in [1.29, 1.82) is 0 Å². The molecule has 0 saturated heterocycles. The Bertz CT molecular complexity index is 766. The fourth-order valence-electron chi connectivity index (χ4n) is 2.49. The van der Waals surface area contributed by atoms with Crippen LogP contribution < -0.4 is 16.2 Å². The van der Waals surface area contributed by atoms with Crippen LogP contribution in [0.4, 0.5) is 0 Å². The molecule has 0 fully saturated rings. The summed E-state index contributed by atoms with van der Waals surface area (Å²) in [5, 5.41) is 2.79. The highest BCUT2D eigenvalue weighted by Gasteiger charge is 2.10. The molecule has 7 nitrogen and oxygen atoms in total. The zero-order chi connectivity index (χ0) is 20.2. The molecule has 0 aliphatic heterocycles. The maximum atomic E-state index is 11.9. The van der Waals surface area contributed by atoms with E-state index in [9.17, 15) is 14.4 Å². The molecule has 0 bridgehead atoms. The molecule has 28 heavy (non-hydrogen) atoms. The van der Waals surface area contributed by atoms with Crippen molar-refractivity contribution in [3.8, 4) is 0 Å². The molecule has 0 unspecified atom stereocenters.